The molecule has 24 heavy (non-hydrogen) atoms. The van der Waals surface area contributed by atoms with Crippen LogP contribution in [-0.2, 0) is 13.0 Å². The van der Waals surface area contributed by atoms with Crippen molar-refractivity contribution in [2.45, 2.75) is 25.8 Å². The van der Waals surface area contributed by atoms with Gasteiger partial charge in [0.2, 0.25) is 0 Å². The third kappa shape index (κ3) is 6.31. The van der Waals surface area contributed by atoms with Gasteiger partial charge < -0.3 is 14.8 Å². The highest BCUT2D eigenvalue weighted by atomic mass is 16.5. The summed E-state index contributed by atoms with van der Waals surface area (Å²) in [4.78, 5) is 0. The molecule has 2 aromatic carbocycles. The summed E-state index contributed by atoms with van der Waals surface area (Å²) in [5.74, 6) is 1.76. The Labute approximate surface area is 144 Å². The number of hydrogen-bond acceptors (Lipinski definition) is 4. The summed E-state index contributed by atoms with van der Waals surface area (Å²) < 4.78 is 10.9. The zero-order valence-electron chi connectivity index (χ0n) is 14.1. The van der Waals surface area contributed by atoms with Gasteiger partial charge in [0.1, 0.15) is 11.5 Å². The lowest BCUT2D eigenvalue weighted by molar-refractivity contribution is 0.312. The number of rotatable bonds is 10. The van der Waals surface area contributed by atoms with Crippen molar-refractivity contribution in [3.05, 3.63) is 59.7 Å². The third-order valence-corrected chi connectivity index (χ3v) is 3.65. The zero-order valence-corrected chi connectivity index (χ0v) is 14.1. The molecular weight excluding hydrogens is 300 g/mol. The Bertz CT molecular complexity index is 665. The molecule has 0 radical (unpaired) electrons. The summed E-state index contributed by atoms with van der Waals surface area (Å²) in [6.07, 6.45) is 2.26. The molecule has 0 bridgehead atoms. The molecule has 0 spiro atoms. The first-order chi connectivity index (χ1) is 11.8. The van der Waals surface area contributed by atoms with Gasteiger partial charge in [-0.25, -0.2) is 0 Å². The minimum Gasteiger partial charge on any atom is -0.497 e. The van der Waals surface area contributed by atoms with Crippen LogP contribution in [0.5, 0.6) is 11.5 Å². The molecule has 0 saturated heterocycles. The Hall–Kier alpha value is -2.51. The van der Waals surface area contributed by atoms with Gasteiger partial charge >= 0.3 is 0 Å². The Morgan fingerprint density at radius 2 is 1.79 bits per heavy atom. The lowest BCUT2D eigenvalue weighted by atomic mass is 10.1. The SMILES string of the molecule is COc1cccc(CCNCc2cccc(OCCCC#N)c2)c1. The zero-order chi connectivity index (χ0) is 17.0. The molecule has 0 unspecified atom stereocenters. The average molecular weight is 324 g/mol. The van der Waals surface area contributed by atoms with Gasteiger partial charge in [-0.15, -0.1) is 0 Å². The average Bonchev–Trinajstić information content (AvgIpc) is 2.63. The van der Waals surface area contributed by atoms with Crippen LogP contribution < -0.4 is 14.8 Å². The van der Waals surface area contributed by atoms with Gasteiger partial charge in [-0.05, 0) is 54.8 Å². The van der Waals surface area contributed by atoms with Crippen LogP contribution >= 0.6 is 0 Å². The van der Waals surface area contributed by atoms with E-state index in [-0.39, 0.29) is 0 Å². The second-order valence-electron chi connectivity index (χ2n) is 5.54. The molecule has 0 heterocycles. The maximum absolute atomic E-state index is 8.52. The van der Waals surface area contributed by atoms with E-state index >= 15 is 0 Å². The number of ether oxygens (including phenoxy) is 2. The number of hydrogen-bond donors (Lipinski definition) is 1. The van der Waals surface area contributed by atoms with Gasteiger partial charge in [0.05, 0.1) is 19.8 Å². The summed E-state index contributed by atoms with van der Waals surface area (Å²) in [6, 6.07) is 18.4. The molecule has 0 aliphatic rings. The van der Waals surface area contributed by atoms with Crippen LogP contribution in [0.2, 0.25) is 0 Å². The predicted molar refractivity (Wildman–Crippen MR) is 95.2 cm³/mol. The van der Waals surface area contributed by atoms with Crippen molar-refractivity contribution < 1.29 is 9.47 Å². The molecule has 126 valence electrons. The topological polar surface area (TPSA) is 54.3 Å². The van der Waals surface area contributed by atoms with E-state index in [0.29, 0.717) is 13.0 Å². The molecular formula is C20H24N2O2. The van der Waals surface area contributed by atoms with Crippen LogP contribution in [0.1, 0.15) is 24.0 Å². The molecule has 0 atom stereocenters. The monoisotopic (exact) mass is 324 g/mol. The lowest BCUT2D eigenvalue weighted by Crippen LogP contribution is -2.16. The molecule has 1 N–H and O–H groups in total. The summed E-state index contributed by atoms with van der Waals surface area (Å²) >= 11 is 0. The summed E-state index contributed by atoms with van der Waals surface area (Å²) in [7, 11) is 1.69. The fourth-order valence-electron chi connectivity index (χ4n) is 2.38. The van der Waals surface area contributed by atoms with Crippen LogP contribution in [0.25, 0.3) is 0 Å². The minimum atomic E-state index is 0.533. The molecule has 4 nitrogen and oxygen atoms in total. The molecule has 4 heteroatoms. The Kier molecular flexibility index (Phi) is 7.66. The van der Waals surface area contributed by atoms with Gasteiger partial charge in [-0.2, -0.15) is 5.26 Å². The van der Waals surface area contributed by atoms with Crippen molar-refractivity contribution >= 4 is 0 Å². The van der Waals surface area contributed by atoms with Crippen molar-refractivity contribution in [2.24, 2.45) is 0 Å². The highest BCUT2D eigenvalue weighted by Crippen LogP contribution is 2.14. The largest absolute Gasteiger partial charge is 0.497 e. The Morgan fingerprint density at radius 1 is 1.04 bits per heavy atom. The van der Waals surface area contributed by atoms with Gasteiger partial charge in [0.25, 0.3) is 0 Å². The van der Waals surface area contributed by atoms with Crippen molar-refractivity contribution in [2.75, 3.05) is 20.3 Å². The van der Waals surface area contributed by atoms with Gasteiger partial charge in [0, 0.05) is 13.0 Å². The van der Waals surface area contributed by atoms with E-state index in [1.54, 1.807) is 7.11 Å². The molecule has 0 aliphatic carbocycles. The molecule has 0 aliphatic heterocycles. The summed E-state index contributed by atoms with van der Waals surface area (Å²) in [5.41, 5.74) is 2.45. The molecule has 2 aromatic rings. The van der Waals surface area contributed by atoms with E-state index in [9.17, 15) is 0 Å². The maximum Gasteiger partial charge on any atom is 0.119 e. The predicted octanol–water partition coefficient (Wildman–Crippen LogP) is 3.71. The smallest absolute Gasteiger partial charge is 0.119 e. The number of nitrogens with one attached hydrogen (secondary N) is 1. The van der Waals surface area contributed by atoms with Gasteiger partial charge in [-0.1, -0.05) is 24.3 Å². The normalized spacial score (nSPS) is 10.2. The van der Waals surface area contributed by atoms with E-state index in [0.717, 1.165) is 37.4 Å². The molecule has 2 rings (SSSR count). The van der Waals surface area contributed by atoms with E-state index in [4.69, 9.17) is 14.7 Å². The Balaban J connectivity index is 1.72. The molecule has 0 aromatic heterocycles. The van der Waals surface area contributed by atoms with Crippen LogP contribution in [0.15, 0.2) is 48.5 Å². The van der Waals surface area contributed by atoms with Gasteiger partial charge in [-0.3, -0.25) is 0 Å². The molecule has 0 fully saturated rings. The van der Waals surface area contributed by atoms with Crippen LogP contribution in [0.4, 0.5) is 0 Å². The van der Waals surface area contributed by atoms with E-state index in [2.05, 4.69) is 29.6 Å². The number of nitrogens with zero attached hydrogens (tertiary/aromatic N) is 1. The van der Waals surface area contributed by atoms with E-state index in [1.165, 1.54) is 11.1 Å². The quantitative estimate of drug-likeness (QED) is 0.677. The van der Waals surface area contributed by atoms with Gasteiger partial charge in [0.15, 0.2) is 0 Å². The fourth-order valence-corrected chi connectivity index (χ4v) is 2.38. The van der Waals surface area contributed by atoms with Crippen molar-refractivity contribution in [3.63, 3.8) is 0 Å². The Morgan fingerprint density at radius 3 is 2.58 bits per heavy atom. The first kappa shape index (κ1) is 17.8. The minimum absolute atomic E-state index is 0.533. The van der Waals surface area contributed by atoms with Crippen molar-refractivity contribution in [1.82, 2.24) is 5.32 Å². The second kappa shape index (κ2) is 10.3. The van der Waals surface area contributed by atoms with Crippen LogP contribution in [0, 0.1) is 11.3 Å². The standard InChI is InChI=1S/C20H24N2O2/c1-23-19-8-4-6-17(14-19)10-12-22-16-18-7-5-9-20(15-18)24-13-3-2-11-21/h4-9,14-15,22H,2-3,10,12-13,16H2,1H3. The van der Waals surface area contributed by atoms with Crippen LogP contribution in [0.3, 0.4) is 0 Å². The number of unbranched alkanes of at least 4 members (excludes halogenated alkanes) is 1. The lowest BCUT2D eigenvalue weighted by Gasteiger charge is -2.09. The summed E-state index contributed by atoms with van der Waals surface area (Å²) in [6.45, 7) is 2.29. The third-order valence-electron chi connectivity index (χ3n) is 3.65. The van der Waals surface area contributed by atoms with Crippen LogP contribution in [-0.4, -0.2) is 20.3 Å². The van der Waals surface area contributed by atoms with E-state index < -0.39 is 0 Å². The van der Waals surface area contributed by atoms with Crippen molar-refractivity contribution in [1.29, 1.82) is 5.26 Å². The maximum atomic E-state index is 8.52. The number of methoxy groups -OCH3 is 1. The first-order valence-electron chi connectivity index (χ1n) is 8.24. The summed E-state index contributed by atoms with van der Waals surface area (Å²) in [5, 5.41) is 12.0. The fraction of sp³-hybridized carbons (Fsp3) is 0.350. The van der Waals surface area contributed by atoms with E-state index in [1.807, 2.05) is 30.3 Å². The van der Waals surface area contributed by atoms with Crippen molar-refractivity contribution in [3.8, 4) is 17.6 Å². The number of nitriles is 1. The molecule has 0 saturated carbocycles. The highest BCUT2D eigenvalue weighted by molar-refractivity contribution is 5.29. The molecule has 0 amide bonds. The number of benzene rings is 2. The highest BCUT2D eigenvalue weighted by Gasteiger charge is 1.99. The second-order valence-corrected chi connectivity index (χ2v) is 5.54. The first-order valence-corrected chi connectivity index (χ1v) is 8.24.